The van der Waals surface area contributed by atoms with Crippen molar-refractivity contribution >= 4 is 35.2 Å². The van der Waals surface area contributed by atoms with Crippen LogP contribution in [0, 0.1) is 5.82 Å². The van der Waals surface area contributed by atoms with Gasteiger partial charge in [0.2, 0.25) is 0 Å². The number of carbonyl (C=O) groups is 1. The Balaban J connectivity index is 2.06. The van der Waals surface area contributed by atoms with Crippen molar-refractivity contribution in [2.24, 2.45) is 0 Å². The van der Waals surface area contributed by atoms with Gasteiger partial charge in [0.1, 0.15) is 5.82 Å². The second kappa shape index (κ2) is 10.7. The number of aliphatic carboxylic acids is 1. The molecule has 3 aromatic carbocycles. The molecule has 0 saturated heterocycles. The van der Waals surface area contributed by atoms with E-state index in [9.17, 15) is 19.4 Å². The number of rotatable bonds is 8. The van der Waals surface area contributed by atoms with Gasteiger partial charge in [-0.15, -0.1) is 0 Å². The third-order valence-electron chi connectivity index (χ3n) is 4.89. The quantitative estimate of drug-likeness (QED) is 0.370. The molecule has 3 rings (SSSR count). The molecule has 7 heteroatoms. The van der Waals surface area contributed by atoms with Crippen LogP contribution in [0.15, 0.2) is 66.7 Å². The van der Waals surface area contributed by atoms with Crippen LogP contribution in [0.4, 0.5) is 4.39 Å². The van der Waals surface area contributed by atoms with Gasteiger partial charge in [-0.2, -0.15) is 0 Å². The van der Waals surface area contributed by atoms with Gasteiger partial charge in [-0.25, -0.2) is 4.39 Å². The van der Waals surface area contributed by atoms with Gasteiger partial charge in [0, 0.05) is 22.0 Å². The van der Waals surface area contributed by atoms with E-state index in [1.165, 1.54) is 18.2 Å². The molecule has 0 spiro atoms. The van der Waals surface area contributed by atoms with Gasteiger partial charge in [-0.05, 0) is 46.5 Å². The Bertz CT molecular complexity index is 1130. The van der Waals surface area contributed by atoms with Gasteiger partial charge in [0.15, 0.2) is 0 Å². The lowest BCUT2D eigenvalue weighted by Gasteiger charge is -2.15. The van der Waals surface area contributed by atoms with E-state index in [2.05, 4.69) is 0 Å². The van der Waals surface area contributed by atoms with E-state index in [0.717, 1.165) is 27.8 Å². The number of hydrogen-bond donors (Lipinski definition) is 3. The Morgan fingerprint density at radius 1 is 0.969 bits per heavy atom. The monoisotopic (exact) mass is 474 g/mol. The highest BCUT2D eigenvalue weighted by Crippen LogP contribution is 2.37. The van der Waals surface area contributed by atoms with Crippen LogP contribution < -0.4 is 0 Å². The molecule has 0 aliphatic heterocycles. The van der Waals surface area contributed by atoms with Crippen molar-refractivity contribution in [1.82, 2.24) is 0 Å². The number of benzene rings is 3. The van der Waals surface area contributed by atoms with Gasteiger partial charge < -0.3 is 15.3 Å². The lowest BCUT2D eigenvalue weighted by Crippen LogP contribution is -2.19. The Morgan fingerprint density at radius 2 is 1.66 bits per heavy atom. The zero-order valence-corrected chi connectivity index (χ0v) is 18.4. The summed E-state index contributed by atoms with van der Waals surface area (Å²) >= 11 is 12.5. The second-order valence-electron chi connectivity index (χ2n) is 7.31. The van der Waals surface area contributed by atoms with Gasteiger partial charge in [0.25, 0.3) is 0 Å². The summed E-state index contributed by atoms with van der Waals surface area (Å²) in [7, 11) is 0. The minimum atomic E-state index is -1.18. The minimum absolute atomic E-state index is 0.126. The van der Waals surface area contributed by atoms with E-state index < -0.39 is 24.6 Å². The zero-order chi connectivity index (χ0) is 23.3. The summed E-state index contributed by atoms with van der Waals surface area (Å²) in [5.41, 5.74) is 3.75. The smallest absolute Gasteiger partial charge is 0.305 e. The maximum absolute atomic E-state index is 13.5. The SMILES string of the molecule is O=C(O)CC(O)CC(O)C=Cc1c(-c2ccc(F)cc2)cccc1-c1ccc(Cl)cc1Cl. The molecule has 3 N–H and O–H groups in total. The van der Waals surface area contributed by atoms with Crippen molar-refractivity contribution in [3.63, 3.8) is 0 Å². The Labute approximate surface area is 195 Å². The fourth-order valence-electron chi connectivity index (χ4n) is 3.42. The molecule has 0 aliphatic rings. The van der Waals surface area contributed by atoms with Crippen LogP contribution >= 0.6 is 23.2 Å². The topological polar surface area (TPSA) is 77.8 Å². The number of halogens is 3. The lowest BCUT2D eigenvalue weighted by atomic mass is 9.91. The molecule has 0 amide bonds. The molecule has 32 heavy (non-hydrogen) atoms. The molecule has 0 bridgehead atoms. The molecule has 3 aromatic rings. The Morgan fingerprint density at radius 3 is 2.31 bits per heavy atom. The molecule has 0 heterocycles. The van der Waals surface area contributed by atoms with Crippen LogP contribution in [0.5, 0.6) is 0 Å². The fourth-order valence-corrected chi connectivity index (χ4v) is 3.93. The number of carboxylic acids is 1. The normalized spacial score (nSPS) is 13.3. The van der Waals surface area contributed by atoms with Crippen molar-refractivity contribution in [2.75, 3.05) is 0 Å². The lowest BCUT2D eigenvalue weighted by molar-refractivity contribution is -0.139. The molecular formula is C25H21Cl2FO4. The van der Waals surface area contributed by atoms with Crippen LogP contribution in [0.3, 0.4) is 0 Å². The summed E-state index contributed by atoms with van der Waals surface area (Å²) in [5, 5.41) is 29.8. The molecule has 2 unspecified atom stereocenters. The summed E-state index contributed by atoms with van der Waals surface area (Å²) < 4.78 is 13.5. The standard InChI is InChI=1S/C25H21Cl2FO4/c26-16-6-10-23(24(27)12-16)21-3-1-2-20(15-4-7-17(28)8-5-15)22(21)11-9-18(29)13-19(30)14-25(31)32/h1-12,18-19,29-30H,13-14H2,(H,31,32). The van der Waals surface area contributed by atoms with Gasteiger partial charge in [0.05, 0.1) is 18.6 Å². The van der Waals surface area contributed by atoms with Gasteiger partial charge in [-0.1, -0.05) is 71.8 Å². The Kier molecular flexibility index (Phi) is 8.04. The first-order valence-electron chi connectivity index (χ1n) is 9.85. The molecule has 166 valence electrons. The molecule has 0 aliphatic carbocycles. The number of aliphatic hydroxyl groups is 2. The van der Waals surface area contributed by atoms with E-state index in [1.807, 2.05) is 18.2 Å². The average Bonchev–Trinajstić information content (AvgIpc) is 2.72. The molecule has 0 fully saturated rings. The predicted octanol–water partition coefficient (Wildman–Crippen LogP) is 6.07. The molecular weight excluding hydrogens is 454 g/mol. The van der Waals surface area contributed by atoms with Crippen molar-refractivity contribution in [1.29, 1.82) is 0 Å². The maximum Gasteiger partial charge on any atom is 0.305 e. The average molecular weight is 475 g/mol. The van der Waals surface area contributed by atoms with Crippen LogP contribution in [0.2, 0.25) is 10.0 Å². The van der Waals surface area contributed by atoms with E-state index >= 15 is 0 Å². The first kappa shape index (κ1) is 24.0. The Hall–Kier alpha value is -2.70. The molecule has 4 nitrogen and oxygen atoms in total. The van der Waals surface area contributed by atoms with Gasteiger partial charge >= 0.3 is 5.97 Å². The summed E-state index contributed by atoms with van der Waals surface area (Å²) in [6.07, 6.45) is 0.350. The van der Waals surface area contributed by atoms with Gasteiger partial charge in [-0.3, -0.25) is 4.79 Å². The summed E-state index contributed by atoms with van der Waals surface area (Å²) in [6, 6.07) is 16.8. The predicted molar refractivity (Wildman–Crippen MR) is 125 cm³/mol. The highest BCUT2D eigenvalue weighted by Gasteiger charge is 2.16. The first-order valence-corrected chi connectivity index (χ1v) is 10.6. The summed E-state index contributed by atoms with van der Waals surface area (Å²) in [6.45, 7) is 0. The van der Waals surface area contributed by atoms with E-state index in [-0.39, 0.29) is 12.2 Å². The highest BCUT2D eigenvalue weighted by atomic mass is 35.5. The summed E-state index contributed by atoms with van der Waals surface area (Å²) in [5.74, 6) is -1.50. The van der Waals surface area contributed by atoms with Crippen LogP contribution in [0.1, 0.15) is 18.4 Å². The van der Waals surface area contributed by atoms with E-state index in [0.29, 0.717) is 10.0 Å². The van der Waals surface area contributed by atoms with Crippen LogP contribution in [-0.4, -0.2) is 33.5 Å². The number of hydrogen-bond acceptors (Lipinski definition) is 3. The molecule has 0 aromatic heterocycles. The van der Waals surface area contributed by atoms with E-state index in [4.69, 9.17) is 28.3 Å². The van der Waals surface area contributed by atoms with Crippen LogP contribution in [-0.2, 0) is 4.79 Å². The van der Waals surface area contributed by atoms with Crippen molar-refractivity contribution in [3.8, 4) is 22.3 Å². The zero-order valence-electron chi connectivity index (χ0n) is 16.9. The first-order chi connectivity index (χ1) is 15.2. The van der Waals surface area contributed by atoms with Crippen molar-refractivity contribution < 1.29 is 24.5 Å². The third-order valence-corrected chi connectivity index (χ3v) is 5.44. The number of carboxylic acid groups (broad SMARTS) is 1. The molecule has 0 radical (unpaired) electrons. The van der Waals surface area contributed by atoms with Crippen molar-refractivity contribution in [2.45, 2.75) is 25.0 Å². The van der Waals surface area contributed by atoms with Crippen molar-refractivity contribution in [3.05, 3.63) is 88.2 Å². The molecule has 0 saturated carbocycles. The number of aliphatic hydroxyl groups excluding tert-OH is 2. The maximum atomic E-state index is 13.5. The highest BCUT2D eigenvalue weighted by molar-refractivity contribution is 6.36. The fraction of sp³-hybridized carbons (Fsp3) is 0.160. The second-order valence-corrected chi connectivity index (χ2v) is 8.16. The van der Waals surface area contributed by atoms with E-state index in [1.54, 1.807) is 36.4 Å². The third kappa shape index (κ3) is 6.17. The summed E-state index contributed by atoms with van der Waals surface area (Å²) in [4.78, 5) is 10.7. The van der Waals surface area contributed by atoms with Crippen LogP contribution in [0.25, 0.3) is 28.3 Å². The minimum Gasteiger partial charge on any atom is -0.481 e. The molecule has 2 atom stereocenters. The largest absolute Gasteiger partial charge is 0.481 e.